The molecule has 1 N–H and O–H groups in total. The third-order valence-corrected chi connectivity index (χ3v) is 5.29. The molecule has 144 valence electrons. The summed E-state index contributed by atoms with van der Waals surface area (Å²) in [5.74, 6) is 0.675. The minimum Gasteiger partial charge on any atom is -0.481 e. The van der Waals surface area contributed by atoms with Gasteiger partial charge in [0.1, 0.15) is 5.75 Å². The summed E-state index contributed by atoms with van der Waals surface area (Å²) in [7, 11) is 0. The molecule has 0 radical (unpaired) electrons. The number of nitrogens with zero attached hydrogens (tertiary/aromatic N) is 1. The maximum absolute atomic E-state index is 12.5. The Balaban J connectivity index is 1.54. The van der Waals surface area contributed by atoms with Gasteiger partial charge in [-0.15, -0.1) is 0 Å². The van der Waals surface area contributed by atoms with E-state index in [0.29, 0.717) is 13.0 Å². The second-order valence-electron chi connectivity index (χ2n) is 7.34. The van der Waals surface area contributed by atoms with Crippen LogP contribution in [0.3, 0.4) is 0 Å². The van der Waals surface area contributed by atoms with Crippen LogP contribution in [0.15, 0.2) is 42.5 Å². The lowest BCUT2D eigenvalue weighted by Gasteiger charge is -2.19. The molecule has 1 atom stereocenters. The molecular formula is C23H30N2O2. The zero-order valence-corrected chi connectivity index (χ0v) is 16.6. The van der Waals surface area contributed by atoms with Gasteiger partial charge in [0, 0.05) is 25.3 Å². The number of anilines is 1. The highest BCUT2D eigenvalue weighted by Gasteiger charge is 2.18. The zero-order chi connectivity index (χ0) is 19.2. The van der Waals surface area contributed by atoms with Gasteiger partial charge in [-0.2, -0.15) is 0 Å². The lowest BCUT2D eigenvalue weighted by atomic mass is 10.1. The molecule has 2 aromatic rings. The summed E-state index contributed by atoms with van der Waals surface area (Å²) < 4.78 is 5.92. The maximum Gasteiger partial charge on any atom is 0.261 e. The largest absolute Gasteiger partial charge is 0.481 e. The van der Waals surface area contributed by atoms with E-state index in [1.165, 1.54) is 29.7 Å². The summed E-state index contributed by atoms with van der Waals surface area (Å²) in [6.45, 7) is 8.89. The van der Waals surface area contributed by atoms with Gasteiger partial charge in [0.05, 0.1) is 0 Å². The molecule has 1 aliphatic heterocycles. The molecule has 1 heterocycles. The highest BCUT2D eigenvalue weighted by molar-refractivity contribution is 5.81. The third-order valence-electron chi connectivity index (χ3n) is 5.29. The first-order valence-electron chi connectivity index (χ1n) is 9.92. The van der Waals surface area contributed by atoms with Gasteiger partial charge in [0.15, 0.2) is 6.10 Å². The van der Waals surface area contributed by atoms with Gasteiger partial charge in [-0.25, -0.2) is 0 Å². The van der Waals surface area contributed by atoms with Crippen molar-refractivity contribution in [3.8, 4) is 5.75 Å². The third kappa shape index (κ3) is 5.03. The summed E-state index contributed by atoms with van der Waals surface area (Å²) in [4.78, 5) is 14.9. The van der Waals surface area contributed by atoms with Gasteiger partial charge in [0.2, 0.25) is 0 Å². The van der Waals surface area contributed by atoms with Crippen molar-refractivity contribution in [3.63, 3.8) is 0 Å². The highest BCUT2D eigenvalue weighted by atomic mass is 16.5. The number of carbonyl (C=O) groups is 1. The number of aryl methyl sites for hydroxylation is 2. The molecule has 0 saturated carbocycles. The number of amides is 1. The van der Waals surface area contributed by atoms with E-state index in [9.17, 15) is 4.79 Å². The molecule has 0 aromatic heterocycles. The van der Waals surface area contributed by atoms with Crippen LogP contribution in [0.1, 0.15) is 42.9 Å². The Labute approximate surface area is 162 Å². The Hall–Kier alpha value is -2.49. The summed E-state index contributed by atoms with van der Waals surface area (Å²) in [5, 5.41) is 3.01. The molecule has 0 bridgehead atoms. The van der Waals surface area contributed by atoms with E-state index in [-0.39, 0.29) is 5.91 Å². The standard InChI is InChI=1S/C23H30N2O2/c1-4-22(27-21-12-7-17(2)18(3)15-21)23(26)24-16-19-8-10-20(11-9-19)25-13-5-6-14-25/h7-12,15,22H,4-6,13-14,16H2,1-3H3,(H,24,26)/t22-/m1/s1. The first-order valence-corrected chi connectivity index (χ1v) is 9.92. The first kappa shape index (κ1) is 19.3. The fraction of sp³-hybridized carbons (Fsp3) is 0.435. The predicted molar refractivity (Wildman–Crippen MR) is 110 cm³/mol. The fourth-order valence-electron chi connectivity index (χ4n) is 3.38. The van der Waals surface area contributed by atoms with Crippen LogP contribution in [0.25, 0.3) is 0 Å². The number of nitrogens with one attached hydrogen (secondary N) is 1. The summed E-state index contributed by atoms with van der Waals surface area (Å²) in [6.07, 6.45) is 2.70. The van der Waals surface area contributed by atoms with Crippen molar-refractivity contribution in [1.29, 1.82) is 0 Å². The molecule has 0 unspecified atom stereocenters. The zero-order valence-electron chi connectivity index (χ0n) is 16.6. The average Bonchev–Trinajstić information content (AvgIpc) is 3.22. The van der Waals surface area contributed by atoms with E-state index in [4.69, 9.17) is 4.74 Å². The van der Waals surface area contributed by atoms with Gasteiger partial charge in [0.25, 0.3) is 5.91 Å². The van der Waals surface area contributed by atoms with E-state index >= 15 is 0 Å². The van der Waals surface area contributed by atoms with Crippen molar-refractivity contribution in [2.45, 2.75) is 52.7 Å². The molecular weight excluding hydrogens is 336 g/mol. The number of benzene rings is 2. The van der Waals surface area contributed by atoms with Crippen LogP contribution in [0.5, 0.6) is 5.75 Å². The predicted octanol–water partition coefficient (Wildman–Crippen LogP) is 4.38. The van der Waals surface area contributed by atoms with E-state index in [1.807, 2.05) is 25.1 Å². The molecule has 4 nitrogen and oxygen atoms in total. The van der Waals surface area contributed by atoms with Gasteiger partial charge >= 0.3 is 0 Å². The van der Waals surface area contributed by atoms with E-state index in [0.717, 1.165) is 24.4 Å². The first-order chi connectivity index (χ1) is 13.1. The van der Waals surface area contributed by atoms with Crippen LogP contribution in [-0.2, 0) is 11.3 Å². The Morgan fingerprint density at radius 3 is 2.41 bits per heavy atom. The topological polar surface area (TPSA) is 41.6 Å². The summed E-state index contributed by atoms with van der Waals surface area (Å²) in [5.41, 5.74) is 4.76. The fourth-order valence-corrected chi connectivity index (χ4v) is 3.38. The summed E-state index contributed by atoms with van der Waals surface area (Å²) >= 11 is 0. The minimum absolute atomic E-state index is 0.0700. The lowest BCUT2D eigenvalue weighted by Crippen LogP contribution is -2.37. The van der Waals surface area contributed by atoms with Crippen LogP contribution in [0.2, 0.25) is 0 Å². The quantitative estimate of drug-likeness (QED) is 0.791. The SMILES string of the molecule is CC[C@@H](Oc1ccc(C)c(C)c1)C(=O)NCc1ccc(N2CCCC2)cc1. The second-order valence-corrected chi connectivity index (χ2v) is 7.34. The Kier molecular flexibility index (Phi) is 6.38. The van der Waals surface area contributed by atoms with Crippen LogP contribution in [0, 0.1) is 13.8 Å². The molecule has 0 spiro atoms. The van der Waals surface area contributed by atoms with Crippen LogP contribution in [0.4, 0.5) is 5.69 Å². The summed E-state index contributed by atoms with van der Waals surface area (Å²) in [6, 6.07) is 14.4. The Morgan fingerprint density at radius 1 is 1.07 bits per heavy atom. The van der Waals surface area contributed by atoms with Gasteiger partial charge in [-0.3, -0.25) is 4.79 Å². The van der Waals surface area contributed by atoms with Crippen LogP contribution < -0.4 is 15.0 Å². The number of hydrogen-bond acceptors (Lipinski definition) is 3. The average molecular weight is 367 g/mol. The van der Waals surface area contributed by atoms with Gasteiger partial charge < -0.3 is 15.0 Å². The molecule has 1 saturated heterocycles. The molecule has 4 heteroatoms. The van der Waals surface area contributed by atoms with Crippen LogP contribution >= 0.6 is 0 Å². The van der Waals surface area contributed by atoms with Crippen molar-refractivity contribution in [3.05, 3.63) is 59.2 Å². The normalized spacial score (nSPS) is 14.9. The molecule has 1 fully saturated rings. The van der Waals surface area contributed by atoms with Crippen LogP contribution in [-0.4, -0.2) is 25.1 Å². The smallest absolute Gasteiger partial charge is 0.261 e. The molecule has 27 heavy (non-hydrogen) atoms. The molecule has 1 amide bonds. The lowest BCUT2D eigenvalue weighted by molar-refractivity contribution is -0.128. The highest BCUT2D eigenvalue weighted by Crippen LogP contribution is 2.21. The van der Waals surface area contributed by atoms with Gasteiger partial charge in [-0.1, -0.05) is 25.1 Å². The minimum atomic E-state index is -0.476. The van der Waals surface area contributed by atoms with E-state index in [1.54, 1.807) is 0 Å². The van der Waals surface area contributed by atoms with Crippen molar-refractivity contribution in [2.24, 2.45) is 0 Å². The molecule has 1 aliphatic rings. The second kappa shape index (κ2) is 8.94. The van der Waals surface area contributed by atoms with Gasteiger partial charge in [-0.05, 0) is 74.1 Å². The maximum atomic E-state index is 12.5. The van der Waals surface area contributed by atoms with Crippen molar-refractivity contribution in [2.75, 3.05) is 18.0 Å². The number of carbonyl (C=O) groups excluding carboxylic acids is 1. The monoisotopic (exact) mass is 366 g/mol. The Morgan fingerprint density at radius 2 is 1.78 bits per heavy atom. The van der Waals surface area contributed by atoms with E-state index in [2.05, 4.69) is 48.3 Å². The number of rotatable bonds is 7. The van der Waals surface area contributed by atoms with Crippen molar-refractivity contribution in [1.82, 2.24) is 5.32 Å². The molecule has 0 aliphatic carbocycles. The van der Waals surface area contributed by atoms with Crippen molar-refractivity contribution >= 4 is 11.6 Å². The molecule has 3 rings (SSSR count). The number of hydrogen-bond donors (Lipinski definition) is 1. The number of ether oxygens (including phenoxy) is 1. The van der Waals surface area contributed by atoms with Crippen molar-refractivity contribution < 1.29 is 9.53 Å². The molecule has 2 aromatic carbocycles. The Bertz CT molecular complexity index is 764. The van der Waals surface area contributed by atoms with E-state index < -0.39 is 6.10 Å².